The normalized spacial score (nSPS) is 21.2. The Kier molecular flexibility index (Phi) is 5.96. The van der Waals surface area contributed by atoms with E-state index in [1.54, 1.807) is 0 Å². The summed E-state index contributed by atoms with van der Waals surface area (Å²) in [6, 6.07) is 2.59. The molecule has 1 aliphatic rings. The first-order chi connectivity index (χ1) is 9.87. The van der Waals surface area contributed by atoms with E-state index >= 15 is 0 Å². The van der Waals surface area contributed by atoms with Gasteiger partial charge in [-0.05, 0) is 25.0 Å². The van der Waals surface area contributed by atoms with Gasteiger partial charge in [-0.2, -0.15) is 4.31 Å². The molecule has 1 unspecified atom stereocenters. The van der Waals surface area contributed by atoms with Crippen molar-refractivity contribution in [2.45, 2.75) is 36.6 Å². The lowest BCUT2D eigenvalue weighted by molar-refractivity contribution is 0.186. The van der Waals surface area contributed by atoms with Gasteiger partial charge in [-0.25, -0.2) is 8.42 Å². The lowest BCUT2D eigenvalue weighted by atomic mass is 10.1. The Morgan fingerprint density at radius 3 is 2.43 bits per heavy atom. The molecule has 8 heteroatoms. The van der Waals surface area contributed by atoms with Gasteiger partial charge in [-0.15, -0.1) is 0 Å². The molecule has 21 heavy (non-hydrogen) atoms. The Bertz CT molecular complexity index is 601. The third-order valence-electron chi connectivity index (χ3n) is 3.56. The van der Waals surface area contributed by atoms with Crippen LogP contribution in [-0.4, -0.2) is 37.0 Å². The summed E-state index contributed by atoms with van der Waals surface area (Å²) >= 11 is 15.4. The molecule has 0 aromatic heterocycles. The molecule has 0 amide bonds. The van der Waals surface area contributed by atoms with Gasteiger partial charge in [-0.1, -0.05) is 52.0 Å². The molecule has 0 aliphatic carbocycles. The molecule has 1 atom stereocenters. The van der Waals surface area contributed by atoms with Crippen LogP contribution in [0.1, 0.15) is 25.7 Å². The summed E-state index contributed by atoms with van der Waals surface area (Å²) in [5.41, 5.74) is 0. The van der Waals surface area contributed by atoms with E-state index in [-0.39, 0.29) is 21.5 Å². The summed E-state index contributed by atoms with van der Waals surface area (Å²) in [5.74, 6) is 0. The summed E-state index contributed by atoms with van der Waals surface area (Å²) in [5, 5.41) is 9.66. The van der Waals surface area contributed by atoms with Gasteiger partial charge in [0.2, 0.25) is 10.0 Å². The molecule has 118 valence electrons. The molecule has 1 aliphatic heterocycles. The summed E-state index contributed by atoms with van der Waals surface area (Å²) in [7, 11) is -3.84. The van der Waals surface area contributed by atoms with Crippen molar-refractivity contribution in [1.82, 2.24) is 4.31 Å². The van der Waals surface area contributed by atoms with Crippen LogP contribution in [0.2, 0.25) is 10.0 Å². The van der Waals surface area contributed by atoms with Gasteiger partial charge in [0.15, 0.2) is 0 Å². The molecule has 1 heterocycles. The van der Waals surface area contributed by atoms with Crippen molar-refractivity contribution < 1.29 is 13.5 Å². The number of sulfonamides is 1. The summed E-state index contributed by atoms with van der Waals surface area (Å²) in [6.45, 7) is 0.168. The molecular formula is C13H16BrCl2NO3S. The topological polar surface area (TPSA) is 57.6 Å². The number of hydrogen-bond acceptors (Lipinski definition) is 3. The van der Waals surface area contributed by atoms with Crippen molar-refractivity contribution in [3.8, 4) is 0 Å². The fourth-order valence-electron chi connectivity index (χ4n) is 2.54. The van der Waals surface area contributed by atoms with Crippen LogP contribution in [0, 0.1) is 0 Å². The smallest absolute Gasteiger partial charge is 0.246 e. The quantitative estimate of drug-likeness (QED) is 0.817. The number of hydrogen-bond donors (Lipinski definition) is 1. The zero-order valence-electron chi connectivity index (χ0n) is 11.2. The Morgan fingerprint density at radius 1 is 1.24 bits per heavy atom. The minimum absolute atomic E-state index is 0.0790. The highest BCUT2D eigenvalue weighted by Crippen LogP contribution is 2.36. The Labute approximate surface area is 143 Å². The largest absolute Gasteiger partial charge is 0.395 e. The molecule has 1 aromatic rings. The molecular weight excluding hydrogens is 401 g/mol. The van der Waals surface area contributed by atoms with Crippen LogP contribution in [0.25, 0.3) is 0 Å². The van der Waals surface area contributed by atoms with Crippen molar-refractivity contribution in [1.29, 1.82) is 0 Å². The molecule has 2 rings (SSSR count). The van der Waals surface area contributed by atoms with E-state index < -0.39 is 16.1 Å². The van der Waals surface area contributed by atoms with Gasteiger partial charge >= 0.3 is 0 Å². The van der Waals surface area contributed by atoms with Gasteiger partial charge in [-0.3, -0.25) is 0 Å². The molecule has 1 aromatic carbocycles. The van der Waals surface area contributed by atoms with Gasteiger partial charge in [0, 0.05) is 17.1 Å². The first-order valence-corrected chi connectivity index (χ1v) is 9.64. The molecule has 0 spiro atoms. The van der Waals surface area contributed by atoms with Crippen molar-refractivity contribution in [2.75, 3.05) is 13.2 Å². The average molecular weight is 417 g/mol. The van der Waals surface area contributed by atoms with Gasteiger partial charge in [0.25, 0.3) is 0 Å². The fraction of sp³-hybridized carbons (Fsp3) is 0.538. The van der Waals surface area contributed by atoms with Crippen molar-refractivity contribution in [3.05, 3.63) is 26.7 Å². The zero-order valence-corrected chi connectivity index (χ0v) is 15.1. The van der Waals surface area contributed by atoms with Crippen LogP contribution in [0.4, 0.5) is 0 Å². The molecule has 0 radical (unpaired) electrons. The Hall–Kier alpha value is 0.150. The van der Waals surface area contributed by atoms with Crippen LogP contribution in [0.15, 0.2) is 21.5 Å². The minimum atomic E-state index is -3.84. The monoisotopic (exact) mass is 415 g/mol. The lowest BCUT2D eigenvalue weighted by Crippen LogP contribution is -2.42. The van der Waals surface area contributed by atoms with Gasteiger partial charge in [0.1, 0.15) is 4.90 Å². The second-order valence-electron chi connectivity index (χ2n) is 5.00. The van der Waals surface area contributed by atoms with E-state index in [1.807, 2.05) is 0 Å². The summed E-state index contributed by atoms with van der Waals surface area (Å²) in [4.78, 5) is -0.0885. The van der Waals surface area contributed by atoms with Crippen molar-refractivity contribution in [3.63, 3.8) is 0 Å². The maximum Gasteiger partial charge on any atom is 0.246 e. The highest BCUT2D eigenvalue weighted by atomic mass is 79.9. The van der Waals surface area contributed by atoms with Crippen LogP contribution in [0.3, 0.4) is 0 Å². The minimum Gasteiger partial charge on any atom is -0.395 e. The lowest BCUT2D eigenvalue weighted by Gasteiger charge is -2.28. The second-order valence-corrected chi connectivity index (χ2v) is 8.56. The first-order valence-electron chi connectivity index (χ1n) is 6.65. The standard InChI is InChI=1S/C13H16BrCl2NO3S/c14-9-6-11(15)13(12(16)7-9)21(19,20)17-5-3-1-2-4-10(17)8-18/h6-7,10,18H,1-5,8H2. The molecule has 1 saturated heterocycles. The second kappa shape index (κ2) is 7.15. The maximum atomic E-state index is 12.9. The van der Waals surface area contributed by atoms with Crippen LogP contribution in [0.5, 0.6) is 0 Å². The van der Waals surface area contributed by atoms with E-state index in [4.69, 9.17) is 23.2 Å². The first kappa shape index (κ1) is 17.5. The number of aliphatic hydroxyl groups excluding tert-OH is 1. The number of halogens is 3. The molecule has 1 fully saturated rings. The molecule has 0 saturated carbocycles. The van der Waals surface area contributed by atoms with Crippen molar-refractivity contribution in [2.24, 2.45) is 0 Å². The van der Waals surface area contributed by atoms with E-state index in [2.05, 4.69) is 15.9 Å². The number of nitrogens with zero attached hydrogens (tertiary/aromatic N) is 1. The average Bonchev–Trinajstić information content (AvgIpc) is 2.62. The molecule has 0 bridgehead atoms. The molecule has 1 N–H and O–H groups in total. The van der Waals surface area contributed by atoms with Crippen LogP contribution < -0.4 is 0 Å². The summed E-state index contributed by atoms with van der Waals surface area (Å²) in [6.07, 6.45) is 3.26. The van der Waals surface area contributed by atoms with Crippen LogP contribution >= 0.6 is 39.1 Å². The Balaban J connectivity index is 2.50. The van der Waals surface area contributed by atoms with E-state index in [1.165, 1.54) is 16.4 Å². The highest BCUT2D eigenvalue weighted by Gasteiger charge is 2.35. The number of aliphatic hydroxyl groups is 1. The van der Waals surface area contributed by atoms with E-state index in [0.29, 0.717) is 17.4 Å². The van der Waals surface area contributed by atoms with Gasteiger partial charge in [0.05, 0.1) is 16.7 Å². The number of benzene rings is 1. The van der Waals surface area contributed by atoms with E-state index in [9.17, 15) is 13.5 Å². The predicted octanol–water partition coefficient (Wildman–Crippen LogP) is 3.68. The number of rotatable bonds is 3. The fourth-order valence-corrected chi connectivity index (χ4v) is 6.12. The van der Waals surface area contributed by atoms with E-state index in [0.717, 1.165) is 19.3 Å². The predicted molar refractivity (Wildman–Crippen MR) is 87.4 cm³/mol. The zero-order chi connectivity index (χ0) is 15.6. The van der Waals surface area contributed by atoms with Crippen LogP contribution in [-0.2, 0) is 10.0 Å². The summed E-state index contributed by atoms with van der Waals surface area (Å²) < 4.78 is 27.7. The Morgan fingerprint density at radius 2 is 1.86 bits per heavy atom. The maximum absolute atomic E-state index is 12.9. The SMILES string of the molecule is O=S(=O)(c1c(Cl)cc(Br)cc1Cl)N1CCCCCC1CO. The third kappa shape index (κ3) is 3.74. The van der Waals surface area contributed by atoms with Crippen molar-refractivity contribution >= 4 is 49.2 Å². The highest BCUT2D eigenvalue weighted by molar-refractivity contribution is 9.10. The third-order valence-corrected chi connectivity index (χ3v) is 6.90. The molecule has 4 nitrogen and oxygen atoms in total. The van der Waals surface area contributed by atoms with Gasteiger partial charge < -0.3 is 5.11 Å².